The molecule has 1 amide bonds. The number of tetrazole rings is 1. The zero-order chi connectivity index (χ0) is 28.8. The fourth-order valence-corrected chi connectivity index (χ4v) is 4.78. The van der Waals surface area contributed by atoms with Crippen molar-refractivity contribution >= 4 is 28.7 Å². The Morgan fingerprint density at radius 2 is 1.90 bits per heavy atom. The summed E-state index contributed by atoms with van der Waals surface area (Å²) in [5, 5.41) is 25.8. The topological polar surface area (TPSA) is 135 Å². The van der Waals surface area contributed by atoms with Gasteiger partial charge in [0.2, 0.25) is 6.41 Å². The highest BCUT2D eigenvalue weighted by Crippen LogP contribution is 2.38. The minimum absolute atomic E-state index is 0.0701. The number of benzene rings is 2. The van der Waals surface area contributed by atoms with Crippen LogP contribution in [0.25, 0.3) is 10.9 Å². The normalized spacial score (nSPS) is 13.7. The maximum absolute atomic E-state index is 12.1. The van der Waals surface area contributed by atoms with E-state index in [0.717, 1.165) is 28.9 Å². The molecular weight excluding hydrogens is 526 g/mol. The molecule has 0 saturated carbocycles. The van der Waals surface area contributed by atoms with E-state index in [1.165, 1.54) is 11.1 Å². The molecule has 0 unspecified atom stereocenters. The molecule has 2 aromatic heterocycles. The molecule has 0 bridgehead atoms. The molecular formula is C28H31N9O4. The second-order valence-corrected chi connectivity index (χ2v) is 9.58. The lowest BCUT2D eigenvalue weighted by molar-refractivity contribution is -0.110. The number of nitrogens with zero attached hydrogens (tertiary/aromatic N) is 9. The number of anilines is 2. The number of hydrazine groups is 1. The molecule has 1 aliphatic rings. The Balaban J connectivity index is 1.34. The van der Waals surface area contributed by atoms with Gasteiger partial charge < -0.3 is 19.1 Å². The van der Waals surface area contributed by atoms with Crippen LogP contribution >= 0.6 is 0 Å². The fraction of sp³-hybridized carbons (Fsp3) is 0.357. The van der Waals surface area contributed by atoms with Crippen LogP contribution < -0.4 is 24.1 Å². The van der Waals surface area contributed by atoms with Gasteiger partial charge in [-0.3, -0.25) is 9.78 Å². The first kappa shape index (κ1) is 27.6. The maximum atomic E-state index is 12.1. The average molecular weight is 558 g/mol. The third kappa shape index (κ3) is 6.12. The van der Waals surface area contributed by atoms with Gasteiger partial charge >= 0.3 is 0 Å². The minimum atomic E-state index is 0.0701. The van der Waals surface area contributed by atoms with Crippen molar-refractivity contribution in [3.63, 3.8) is 0 Å². The Hall–Kier alpha value is -4.96. The van der Waals surface area contributed by atoms with Crippen molar-refractivity contribution in [1.29, 1.82) is 5.26 Å². The minimum Gasteiger partial charge on any atom is -0.493 e. The summed E-state index contributed by atoms with van der Waals surface area (Å²) in [6, 6.07) is 13.4. The number of aromatic nitrogens is 5. The molecule has 4 aromatic rings. The summed E-state index contributed by atoms with van der Waals surface area (Å²) in [5.74, 6) is 1.81. The Bertz CT molecular complexity index is 1510. The number of piperazine rings is 1. The highest BCUT2D eigenvalue weighted by atomic mass is 16.5. The standard InChI is InChI=1S/C28H31N9O4/c1-20(2)41-23-6-4-22(5-7-23)36(19-38)35-10-8-34(9-11-35)28-21(16-29)17-30-25-15-27(26(39-3)14-24(25)28)40-13-12-37-32-18-31-33-37/h4-7,14-15,17-20H,8-13H2,1-3H3. The number of rotatable bonds is 11. The molecule has 0 N–H and O–H groups in total. The predicted octanol–water partition coefficient (Wildman–Crippen LogP) is 2.67. The zero-order valence-corrected chi connectivity index (χ0v) is 23.2. The molecule has 1 aliphatic heterocycles. The molecule has 3 heterocycles. The lowest BCUT2D eigenvalue weighted by Crippen LogP contribution is -2.54. The average Bonchev–Trinajstić information content (AvgIpc) is 3.51. The molecule has 13 nitrogen and oxygen atoms in total. The molecule has 212 valence electrons. The molecule has 0 atom stereocenters. The van der Waals surface area contributed by atoms with Crippen molar-refractivity contribution in [3.05, 3.63) is 54.5 Å². The summed E-state index contributed by atoms with van der Waals surface area (Å²) in [5.41, 5.74) is 2.68. The first-order valence-corrected chi connectivity index (χ1v) is 13.3. The Labute approximate surface area is 237 Å². The van der Waals surface area contributed by atoms with Crippen LogP contribution in [0.5, 0.6) is 17.2 Å². The number of carbonyl (C=O) groups excluding carboxylic acids is 1. The quantitative estimate of drug-likeness (QED) is 0.252. The van der Waals surface area contributed by atoms with Gasteiger partial charge in [-0.1, -0.05) is 0 Å². The van der Waals surface area contributed by atoms with Crippen LogP contribution in [-0.2, 0) is 11.3 Å². The first-order valence-electron chi connectivity index (χ1n) is 13.3. The van der Waals surface area contributed by atoms with Gasteiger partial charge in [0.1, 0.15) is 18.4 Å². The van der Waals surface area contributed by atoms with E-state index in [-0.39, 0.29) is 6.10 Å². The first-order chi connectivity index (χ1) is 20.0. The van der Waals surface area contributed by atoms with Crippen LogP contribution in [0.4, 0.5) is 11.4 Å². The van der Waals surface area contributed by atoms with E-state index in [1.54, 1.807) is 18.3 Å². The van der Waals surface area contributed by atoms with E-state index in [2.05, 4.69) is 31.4 Å². The van der Waals surface area contributed by atoms with Crippen molar-refractivity contribution in [2.24, 2.45) is 0 Å². The van der Waals surface area contributed by atoms with Gasteiger partial charge in [-0.2, -0.15) is 10.1 Å². The summed E-state index contributed by atoms with van der Waals surface area (Å²) in [7, 11) is 1.57. The molecule has 2 aromatic carbocycles. The molecule has 41 heavy (non-hydrogen) atoms. The van der Waals surface area contributed by atoms with Crippen molar-refractivity contribution < 1.29 is 19.0 Å². The van der Waals surface area contributed by atoms with Crippen molar-refractivity contribution in [2.75, 3.05) is 49.8 Å². The van der Waals surface area contributed by atoms with E-state index in [1.807, 2.05) is 55.3 Å². The van der Waals surface area contributed by atoms with E-state index >= 15 is 0 Å². The summed E-state index contributed by atoms with van der Waals surface area (Å²) < 4.78 is 17.3. The van der Waals surface area contributed by atoms with Crippen LogP contribution in [0, 0.1) is 11.3 Å². The third-order valence-corrected chi connectivity index (χ3v) is 6.64. The SMILES string of the molecule is COc1cc2c(N3CCN(N(C=O)c4ccc(OC(C)C)cc4)CC3)c(C#N)cnc2cc1OCCn1ncnn1. The highest BCUT2D eigenvalue weighted by molar-refractivity contribution is 5.96. The number of methoxy groups -OCH3 is 1. The zero-order valence-electron chi connectivity index (χ0n) is 23.2. The van der Waals surface area contributed by atoms with Gasteiger partial charge in [0.15, 0.2) is 17.8 Å². The molecule has 5 rings (SSSR count). The van der Waals surface area contributed by atoms with Crippen LogP contribution in [0.15, 0.2) is 48.9 Å². The largest absolute Gasteiger partial charge is 0.493 e. The Morgan fingerprint density at radius 3 is 2.54 bits per heavy atom. The number of ether oxygens (including phenoxy) is 3. The highest BCUT2D eigenvalue weighted by Gasteiger charge is 2.26. The van der Waals surface area contributed by atoms with Crippen LogP contribution in [0.2, 0.25) is 0 Å². The van der Waals surface area contributed by atoms with Gasteiger partial charge in [-0.15, -0.1) is 10.2 Å². The molecule has 1 fully saturated rings. The Kier molecular flexibility index (Phi) is 8.40. The number of pyridine rings is 1. The number of amides is 1. The maximum Gasteiger partial charge on any atom is 0.228 e. The summed E-state index contributed by atoms with van der Waals surface area (Å²) in [6.07, 6.45) is 3.84. The van der Waals surface area contributed by atoms with Gasteiger partial charge in [0.25, 0.3) is 0 Å². The van der Waals surface area contributed by atoms with Gasteiger partial charge in [0.05, 0.1) is 42.2 Å². The molecule has 0 spiro atoms. The van der Waals surface area contributed by atoms with E-state index < -0.39 is 0 Å². The van der Waals surface area contributed by atoms with Gasteiger partial charge in [-0.25, -0.2) is 10.0 Å². The number of fused-ring (bicyclic) bond motifs is 1. The van der Waals surface area contributed by atoms with Crippen LogP contribution in [0.3, 0.4) is 0 Å². The number of hydrogen-bond donors (Lipinski definition) is 0. The summed E-state index contributed by atoms with van der Waals surface area (Å²) >= 11 is 0. The molecule has 13 heteroatoms. The number of hydrogen-bond acceptors (Lipinski definition) is 11. The van der Waals surface area contributed by atoms with Crippen molar-refractivity contribution in [3.8, 4) is 23.3 Å². The molecule has 0 radical (unpaired) electrons. The summed E-state index contributed by atoms with van der Waals surface area (Å²) in [4.78, 5) is 20.2. The van der Waals surface area contributed by atoms with Gasteiger partial charge in [-0.05, 0) is 49.4 Å². The lowest BCUT2D eigenvalue weighted by Gasteiger charge is -2.40. The monoisotopic (exact) mass is 557 g/mol. The molecule has 0 aliphatic carbocycles. The third-order valence-electron chi connectivity index (χ3n) is 6.64. The predicted molar refractivity (Wildman–Crippen MR) is 151 cm³/mol. The number of nitriles is 1. The molecule has 1 saturated heterocycles. The van der Waals surface area contributed by atoms with Crippen molar-refractivity contribution in [2.45, 2.75) is 26.5 Å². The second-order valence-electron chi connectivity index (χ2n) is 9.58. The van der Waals surface area contributed by atoms with Crippen molar-refractivity contribution in [1.82, 2.24) is 30.2 Å². The van der Waals surface area contributed by atoms with Crippen LogP contribution in [0.1, 0.15) is 19.4 Å². The fourth-order valence-electron chi connectivity index (χ4n) is 4.78. The Morgan fingerprint density at radius 1 is 1.12 bits per heavy atom. The lowest BCUT2D eigenvalue weighted by atomic mass is 10.1. The van der Waals surface area contributed by atoms with E-state index in [4.69, 9.17) is 14.2 Å². The van der Waals surface area contributed by atoms with Gasteiger partial charge in [0, 0.05) is 43.8 Å². The summed E-state index contributed by atoms with van der Waals surface area (Å²) in [6.45, 7) is 7.01. The van der Waals surface area contributed by atoms with E-state index in [9.17, 15) is 10.1 Å². The smallest absolute Gasteiger partial charge is 0.228 e. The van der Waals surface area contributed by atoms with Crippen LogP contribution in [-0.4, -0.2) is 82.6 Å². The second kappa shape index (κ2) is 12.5. The van der Waals surface area contributed by atoms with E-state index in [0.29, 0.717) is 61.9 Å². The number of carbonyl (C=O) groups is 1.